The lowest BCUT2D eigenvalue weighted by Gasteiger charge is -2.25. The van der Waals surface area contributed by atoms with Crippen LogP contribution in [0.2, 0.25) is 0 Å². The molecule has 12 atom stereocenters. The van der Waals surface area contributed by atoms with E-state index >= 15 is 0 Å². The van der Waals surface area contributed by atoms with E-state index in [4.69, 9.17) is 38.0 Å². The van der Waals surface area contributed by atoms with Crippen LogP contribution in [0.3, 0.4) is 0 Å². The van der Waals surface area contributed by atoms with E-state index in [1.807, 2.05) is 0 Å². The summed E-state index contributed by atoms with van der Waals surface area (Å²) in [5.74, 6) is -0.0282. The van der Waals surface area contributed by atoms with Crippen molar-refractivity contribution in [3.05, 3.63) is 77.9 Å². The maximum Gasteiger partial charge on any atom is 0.472 e. The Balaban J connectivity index is 1.06. The van der Waals surface area contributed by atoms with Crippen LogP contribution in [-0.2, 0) is 41.4 Å². The van der Waals surface area contributed by atoms with Gasteiger partial charge in [-0.3, -0.25) is 51.4 Å². The predicted octanol–water partition coefficient (Wildman–Crippen LogP) is -2.68. The minimum absolute atomic E-state index is 0.0282. The first-order valence-corrected chi connectivity index (χ1v) is 20.7. The van der Waals surface area contributed by atoms with Crippen molar-refractivity contribution in [2.75, 3.05) is 25.6 Å². The number of H-pyrrole nitrogens is 2. The number of aliphatic hydroxyl groups excluding tert-OH is 3. The van der Waals surface area contributed by atoms with Crippen LogP contribution in [0.15, 0.2) is 44.2 Å². The summed E-state index contributed by atoms with van der Waals surface area (Å²) in [5.41, 5.74) is 3.47. The molecule has 0 aromatic carbocycles. The number of aromatic nitrogens is 8. The fourth-order valence-electron chi connectivity index (χ4n) is 6.77. The molecule has 0 spiro atoms. The number of ether oxygens (including phenoxy) is 3. The third kappa shape index (κ3) is 8.94. The Bertz CT molecular complexity index is 2540. The second kappa shape index (κ2) is 16.6. The second-order valence-corrected chi connectivity index (χ2v) is 16.6. The molecule has 7 heterocycles. The van der Waals surface area contributed by atoms with Gasteiger partial charge in [-0.1, -0.05) is 0 Å². The van der Waals surface area contributed by atoms with Gasteiger partial charge in [-0.2, -0.15) is 0 Å². The van der Waals surface area contributed by atoms with E-state index in [1.165, 1.54) is 37.1 Å². The van der Waals surface area contributed by atoms with Gasteiger partial charge in [0.2, 0.25) is 0 Å². The summed E-state index contributed by atoms with van der Waals surface area (Å²) in [6.07, 6.45) is -10.0. The molecular formula is C30H39N9O18P2. The van der Waals surface area contributed by atoms with Gasteiger partial charge in [-0.05, 0) is 13.8 Å². The molecule has 4 aromatic rings. The average Bonchev–Trinajstić information content (AvgIpc) is 3.95. The number of phosphoric ester groups is 2. The molecule has 3 fully saturated rings. The molecule has 0 amide bonds. The predicted molar refractivity (Wildman–Crippen MR) is 193 cm³/mol. The lowest BCUT2D eigenvalue weighted by atomic mass is 10.1. The lowest BCUT2D eigenvalue weighted by Crippen LogP contribution is -2.36. The highest BCUT2D eigenvalue weighted by molar-refractivity contribution is 7.47. The highest BCUT2D eigenvalue weighted by Gasteiger charge is 2.51. The van der Waals surface area contributed by atoms with Gasteiger partial charge in [-0.25, -0.2) is 33.7 Å². The van der Waals surface area contributed by atoms with Gasteiger partial charge in [0.15, 0.2) is 17.7 Å². The van der Waals surface area contributed by atoms with Crippen LogP contribution >= 0.6 is 15.6 Å². The molecule has 29 heteroatoms. The minimum Gasteiger partial charge on any atom is -0.394 e. The average molecular weight is 876 g/mol. The quantitative estimate of drug-likeness (QED) is 0.0598. The van der Waals surface area contributed by atoms with Crippen molar-refractivity contribution in [3.63, 3.8) is 0 Å². The fourth-order valence-corrected chi connectivity index (χ4v) is 8.70. The van der Waals surface area contributed by atoms with Gasteiger partial charge in [0.1, 0.15) is 60.9 Å². The highest BCUT2D eigenvalue weighted by Crippen LogP contribution is 2.52. The summed E-state index contributed by atoms with van der Waals surface area (Å²) in [5, 5.41) is 32.0. The third-order valence-corrected chi connectivity index (χ3v) is 11.8. The zero-order valence-corrected chi connectivity index (χ0v) is 32.6. The molecule has 27 nitrogen and oxygen atoms in total. The van der Waals surface area contributed by atoms with E-state index in [1.54, 1.807) is 0 Å². The second-order valence-electron chi connectivity index (χ2n) is 13.8. The van der Waals surface area contributed by atoms with E-state index < -0.39 is 119 Å². The molecule has 2 unspecified atom stereocenters. The molecule has 3 aliphatic heterocycles. The molecule has 4 aromatic heterocycles. The topological polar surface area (TPSA) is 379 Å². The van der Waals surface area contributed by atoms with Gasteiger partial charge in [0.25, 0.3) is 11.1 Å². The number of hydrogen-bond acceptors (Lipinski definition) is 20. The number of fused-ring (bicyclic) bond motifs is 1. The number of imidazole rings is 1. The van der Waals surface area contributed by atoms with Crippen molar-refractivity contribution in [2.45, 2.75) is 88.1 Å². The monoisotopic (exact) mass is 875 g/mol. The van der Waals surface area contributed by atoms with Crippen LogP contribution < -0.4 is 28.2 Å². The van der Waals surface area contributed by atoms with Gasteiger partial charge >= 0.3 is 27.0 Å². The van der Waals surface area contributed by atoms with Crippen molar-refractivity contribution in [3.8, 4) is 0 Å². The Morgan fingerprint density at radius 3 is 2.02 bits per heavy atom. The molecule has 0 saturated carbocycles. The molecule has 3 aliphatic rings. The van der Waals surface area contributed by atoms with Crippen LogP contribution in [0.25, 0.3) is 11.2 Å². The number of nitrogens with two attached hydrogens (primary N) is 1. The van der Waals surface area contributed by atoms with Crippen molar-refractivity contribution in [1.82, 2.24) is 38.6 Å². The van der Waals surface area contributed by atoms with Gasteiger partial charge in [0.05, 0.1) is 32.3 Å². The van der Waals surface area contributed by atoms with Crippen LogP contribution in [0, 0.1) is 13.8 Å². The molecular weight excluding hydrogens is 836 g/mol. The Hall–Kier alpha value is -4.31. The van der Waals surface area contributed by atoms with E-state index in [-0.39, 0.29) is 41.0 Å². The smallest absolute Gasteiger partial charge is 0.394 e. The third-order valence-electron chi connectivity index (χ3n) is 9.77. The van der Waals surface area contributed by atoms with E-state index in [9.17, 15) is 53.4 Å². The molecule has 0 radical (unpaired) electrons. The highest BCUT2D eigenvalue weighted by atomic mass is 31.2. The van der Waals surface area contributed by atoms with E-state index in [2.05, 4.69) is 24.9 Å². The Kier molecular flexibility index (Phi) is 12.1. The van der Waals surface area contributed by atoms with Crippen molar-refractivity contribution >= 4 is 32.6 Å². The number of phosphoric acid groups is 2. The molecule has 9 N–H and O–H groups in total. The number of hydrogen-bond donors (Lipinski definition) is 8. The first-order valence-electron chi connectivity index (χ1n) is 17.7. The number of anilines is 1. The van der Waals surface area contributed by atoms with Crippen molar-refractivity contribution < 1.29 is 66.5 Å². The number of nitrogen functional groups attached to an aromatic ring is 1. The number of aryl methyl sites for hydroxylation is 2. The lowest BCUT2D eigenvalue weighted by molar-refractivity contribution is -0.0616. The summed E-state index contributed by atoms with van der Waals surface area (Å²) in [4.78, 5) is 86.3. The van der Waals surface area contributed by atoms with E-state index in [0.29, 0.717) is 0 Å². The zero-order valence-electron chi connectivity index (χ0n) is 30.8. The van der Waals surface area contributed by atoms with Crippen molar-refractivity contribution in [1.29, 1.82) is 0 Å². The largest absolute Gasteiger partial charge is 0.472 e. The minimum atomic E-state index is -5.25. The van der Waals surface area contributed by atoms with Gasteiger partial charge in [-0.15, -0.1) is 0 Å². The summed E-state index contributed by atoms with van der Waals surface area (Å²) in [6, 6.07) is 0. The fraction of sp³-hybridized carbons (Fsp3) is 0.567. The molecule has 59 heavy (non-hydrogen) atoms. The van der Waals surface area contributed by atoms with Crippen molar-refractivity contribution in [2.24, 2.45) is 0 Å². The van der Waals surface area contributed by atoms with Crippen LogP contribution in [0.5, 0.6) is 0 Å². The van der Waals surface area contributed by atoms with Gasteiger partial charge in [0, 0.05) is 36.4 Å². The Morgan fingerprint density at radius 2 is 1.39 bits per heavy atom. The molecule has 0 bridgehead atoms. The Labute approximate surface area is 329 Å². The summed E-state index contributed by atoms with van der Waals surface area (Å²) in [6.45, 7) is 0.438. The van der Waals surface area contributed by atoms with Crippen LogP contribution in [0.1, 0.15) is 42.7 Å². The number of nitrogens with one attached hydrogen (secondary N) is 2. The summed E-state index contributed by atoms with van der Waals surface area (Å²) in [7, 11) is -10.4. The number of nitrogens with zero attached hydrogens (tertiary/aromatic N) is 6. The summed E-state index contributed by atoms with van der Waals surface area (Å²) < 4.78 is 68.2. The standard InChI is InChI=1S/C30H39N9O18P2/c1-12-5-37(29(45)35-26(12)43)19-3-14(41)17(54-19)8-51-59(49,50)57-23-18(55-28(22(23)42)39-11-34-21-24(31)32-10-33-25(21)39)9-52-58(47,48)56-15-4-20(53-16(15)7-40)38-6-13(2)27(44)36-30(38)46/h5-6,10-11,14-20,22-23,28,40-42H,3-4,7-9H2,1-2H3,(H,47,48)(H,49,50)(H2,31,32,33)(H,35,43,45)(H,36,44,46)/t14-,15-,16+,17+,18+,19+,20+,22+,23+,28+/m0/s1. The molecule has 7 rings (SSSR count). The first kappa shape index (κ1) is 42.8. The van der Waals surface area contributed by atoms with Crippen LogP contribution in [-0.4, -0.2) is 126 Å². The maximum absolute atomic E-state index is 13.4. The first-order chi connectivity index (χ1) is 27.8. The molecule has 0 aliphatic carbocycles. The van der Waals surface area contributed by atoms with Gasteiger partial charge < -0.3 is 45.1 Å². The zero-order chi connectivity index (χ0) is 42.6. The van der Waals surface area contributed by atoms with Crippen LogP contribution in [0.4, 0.5) is 5.82 Å². The summed E-state index contributed by atoms with van der Waals surface area (Å²) >= 11 is 0. The van der Waals surface area contributed by atoms with E-state index in [0.717, 1.165) is 15.5 Å². The Morgan fingerprint density at radius 1 is 0.814 bits per heavy atom. The number of rotatable bonds is 14. The number of aromatic amines is 2. The SMILES string of the molecule is Cc1cn([C@H]2C[C@H](OP(=O)(O)OC[C@H]3O[C@@H](n4cnc5c(N)ncnc54)[C@H](O)[C@@H]3OP(=O)(O)OC[C@H]3O[C@@H](n4cc(C)c(=O)[nH]c4=O)C[C@@H]3O)[C@@H](CO)O2)c(=O)[nH]c1=O. The molecule has 322 valence electrons. The molecule has 3 saturated heterocycles. The maximum atomic E-state index is 13.4. The number of aliphatic hydroxyl groups is 3. The normalized spacial score (nSPS) is 30.5.